The molecule has 0 bridgehead atoms. The van der Waals surface area contributed by atoms with E-state index in [1.807, 2.05) is 0 Å². The SMILES string of the molecule is C=C[C@H](C#CC#C[C@H](O)CCCCCCC)CC(=O)O. The molecule has 0 aromatic rings. The van der Waals surface area contributed by atoms with Gasteiger partial charge in [0.05, 0.1) is 6.42 Å². The van der Waals surface area contributed by atoms with Crippen LogP contribution in [0.3, 0.4) is 0 Å². The number of rotatable bonds is 9. The highest BCUT2D eigenvalue weighted by atomic mass is 16.4. The number of aliphatic hydroxyl groups excluding tert-OH is 1. The Hall–Kier alpha value is -1.71. The minimum atomic E-state index is -0.913. The lowest BCUT2D eigenvalue weighted by Gasteiger charge is -2.02. The number of hydrogen-bond acceptors (Lipinski definition) is 2. The number of unbranched alkanes of at least 4 members (excludes halogenated alkanes) is 4. The second-order valence-corrected chi connectivity index (χ2v) is 4.70. The van der Waals surface area contributed by atoms with Crippen LogP contribution in [-0.2, 0) is 4.79 Å². The lowest BCUT2D eigenvalue weighted by molar-refractivity contribution is -0.137. The van der Waals surface area contributed by atoms with E-state index in [0.717, 1.165) is 12.8 Å². The molecular formula is C17H24O3. The molecule has 0 aliphatic rings. The molecule has 2 atom stereocenters. The van der Waals surface area contributed by atoms with E-state index in [0.29, 0.717) is 6.42 Å². The van der Waals surface area contributed by atoms with E-state index in [1.165, 1.54) is 25.3 Å². The zero-order valence-corrected chi connectivity index (χ0v) is 12.2. The number of hydrogen-bond donors (Lipinski definition) is 2. The van der Waals surface area contributed by atoms with Gasteiger partial charge in [0.2, 0.25) is 0 Å². The summed E-state index contributed by atoms with van der Waals surface area (Å²) < 4.78 is 0. The van der Waals surface area contributed by atoms with Gasteiger partial charge in [-0.3, -0.25) is 4.79 Å². The van der Waals surface area contributed by atoms with Crippen molar-refractivity contribution in [2.24, 2.45) is 5.92 Å². The highest BCUT2D eigenvalue weighted by Crippen LogP contribution is 2.06. The first-order valence-corrected chi connectivity index (χ1v) is 7.13. The number of aliphatic hydroxyl groups is 1. The van der Waals surface area contributed by atoms with Crippen LogP contribution in [0.5, 0.6) is 0 Å². The second-order valence-electron chi connectivity index (χ2n) is 4.70. The van der Waals surface area contributed by atoms with Gasteiger partial charge < -0.3 is 10.2 Å². The average molecular weight is 276 g/mol. The van der Waals surface area contributed by atoms with Crippen molar-refractivity contribution in [3.63, 3.8) is 0 Å². The zero-order chi connectivity index (χ0) is 15.2. The first kappa shape index (κ1) is 18.3. The molecule has 3 nitrogen and oxygen atoms in total. The fraction of sp³-hybridized carbons (Fsp3) is 0.588. The van der Waals surface area contributed by atoms with E-state index in [9.17, 15) is 9.90 Å². The molecule has 0 spiro atoms. The Morgan fingerprint density at radius 3 is 2.45 bits per heavy atom. The first-order chi connectivity index (χ1) is 9.60. The maximum atomic E-state index is 10.5. The van der Waals surface area contributed by atoms with Crippen LogP contribution in [0.25, 0.3) is 0 Å². The lowest BCUT2D eigenvalue weighted by atomic mass is 10.1. The van der Waals surface area contributed by atoms with Gasteiger partial charge in [-0.25, -0.2) is 0 Å². The Labute approximate surface area is 122 Å². The standard InChI is InChI=1S/C17H24O3/c1-3-5-6-7-8-12-16(18)13-10-9-11-15(4-2)14-17(19)20/h4,15-16,18H,2-3,5-8,12,14H2,1H3,(H,19,20)/t15-,16-/m1/s1. The van der Waals surface area contributed by atoms with Crippen molar-refractivity contribution in [3.05, 3.63) is 12.7 Å². The molecule has 0 saturated carbocycles. The molecule has 0 aromatic carbocycles. The molecule has 0 aliphatic heterocycles. The molecule has 0 fully saturated rings. The van der Waals surface area contributed by atoms with Crippen molar-refractivity contribution >= 4 is 5.97 Å². The van der Waals surface area contributed by atoms with Gasteiger partial charge in [-0.05, 0) is 24.7 Å². The van der Waals surface area contributed by atoms with E-state index in [4.69, 9.17) is 5.11 Å². The Morgan fingerprint density at radius 2 is 1.85 bits per heavy atom. The Kier molecular flexibility index (Phi) is 11.3. The van der Waals surface area contributed by atoms with Crippen molar-refractivity contribution in [3.8, 4) is 23.7 Å². The summed E-state index contributed by atoms with van der Waals surface area (Å²) >= 11 is 0. The number of carboxylic acids is 1. The molecule has 3 heteroatoms. The predicted octanol–water partition coefficient (Wildman–Crippen LogP) is 2.99. The monoisotopic (exact) mass is 276 g/mol. The van der Waals surface area contributed by atoms with Gasteiger partial charge in [0.1, 0.15) is 6.10 Å². The van der Waals surface area contributed by atoms with Crippen LogP contribution in [0.15, 0.2) is 12.7 Å². The fourth-order valence-electron chi connectivity index (χ4n) is 1.64. The third-order valence-corrected chi connectivity index (χ3v) is 2.82. The molecule has 0 aromatic heterocycles. The largest absolute Gasteiger partial charge is 0.481 e. The van der Waals surface area contributed by atoms with Crippen LogP contribution in [-0.4, -0.2) is 22.3 Å². The van der Waals surface area contributed by atoms with Crippen molar-refractivity contribution in [2.75, 3.05) is 0 Å². The van der Waals surface area contributed by atoms with Gasteiger partial charge in [0, 0.05) is 5.92 Å². The van der Waals surface area contributed by atoms with E-state index >= 15 is 0 Å². The summed E-state index contributed by atoms with van der Waals surface area (Å²) in [6.07, 6.45) is 7.18. The Bertz CT molecular complexity index is 403. The maximum absolute atomic E-state index is 10.5. The van der Waals surface area contributed by atoms with Gasteiger partial charge >= 0.3 is 5.97 Å². The molecule has 2 N–H and O–H groups in total. The molecule has 0 aliphatic carbocycles. The zero-order valence-electron chi connectivity index (χ0n) is 12.2. The highest BCUT2D eigenvalue weighted by Gasteiger charge is 2.04. The normalized spacial score (nSPS) is 12.3. The molecule has 0 amide bonds. The molecule has 0 unspecified atom stereocenters. The Balaban J connectivity index is 4.00. The van der Waals surface area contributed by atoms with Gasteiger partial charge in [-0.15, -0.1) is 6.58 Å². The van der Waals surface area contributed by atoms with Crippen LogP contribution < -0.4 is 0 Å². The van der Waals surface area contributed by atoms with Crippen molar-refractivity contribution in [2.45, 2.75) is 58.0 Å². The van der Waals surface area contributed by atoms with E-state index in [2.05, 4.69) is 37.2 Å². The van der Waals surface area contributed by atoms with E-state index in [-0.39, 0.29) is 6.42 Å². The molecule has 110 valence electrons. The topological polar surface area (TPSA) is 57.5 Å². The van der Waals surface area contributed by atoms with Crippen LogP contribution in [0, 0.1) is 29.6 Å². The third kappa shape index (κ3) is 11.4. The summed E-state index contributed by atoms with van der Waals surface area (Å²) in [5.74, 6) is 9.21. The summed E-state index contributed by atoms with van der Waals surface area (Å²) in [7, 11) is 0. The van der Waals surface area contributed by atoms with Gasteiger partial charge in [0.25, 0.3) is 0 Å². The highest BCUT2D eigenvalue weighted by molar-refractivity contribution is 5.68. The number of aliphatic carboxylic acids is 1. The Morgan fingerprint density at radius 1 is 1.20 bits per heavy atom. The average Bonchev–Trinajstić information content (AvgIpc) is 2.41. The molecule has 0 radical (unpaired) electrons. The molecule has 0 heterocycles. The summed E-state index contributed by atoms with van der Waals surface area (Å²) in [5, 5.41) is 18.2. The number of carbonyl (C=O) groups is 1. The van der Waals surface area contributed by atoms with Crippen molar-refractivity contribution in [1.82, 2.24) is 0 Å². The van der Waals surface area contributed by atoms with Crippen LogP contribution in [0.4, 0.5) is 0 Å². The van der Waals surface area contributed by atoms with Gasteiger partial charge in [-0.1, -0.05) is 50.5 Å². The number of carboxylic acid groups (broad SMARTS) is 1. The minimum absolute atomic E-state index is 0.0713. The molecular weight excluding hydrogens is 252 g/mol. The first-order valence-electron chi connectivity index (χ1n) is 7.13. The molecule has 0 saturated heterocycles. The van der Waals surface area contributed by atoms with Crippen LogP contribution in [0.1, 0.15) is 51.9 Å². The predicted molar refractivity (Wildman–Crippen MR) is 80.9 cm³/mol. The van der Waals surface area contributed by atoms with E-state index < -0.39 is 18.0 Å². The second kappa shape index (κ2) is 12.3. The van der Waals surface area contributed by atoms with Crippen LogP contribution >= 0.6 is 0 Å². The molecule has 20 heavy (non-hydrogen) atoms. The van der Waals surface area contributed by atoms with Gasteiger partial charge in [-0.2, -0.15) is 0 Å². The summed E-state index contributed by atoms with van der Waals surface area (Å²) in [6, 6.07) is 0. The maximum Gasteiger partial charge on any atom is 0.304 e. The third-order valence-electron chi connectivity index (χ3n) is 2.82. The van der Waals surface area contributed by atoms with Gasteiger partial charge in [0.15, 0.2) is 0 Å². The van der Waals surface area contributed by atoms with Crippen LogP contribution in [0.2, 0.25) is 0 Å². The van der Waals surface area contributed by atoms with Crippen molar-refractivity contribution < 1.29 is 15.0 Å². The summed E-state index contributed by atoms with van der Waals surface area (Å²) in [5.41, 5.74) is 0. The fourth-order valence-corrected chi connectivity index (χ4v) is 1.64. The quantitative estimate of drug-likeness (QED) is 0.387. The van der Waals surface area contributed by atoms with Crippen molar-refractivity contribution in [1.29, 1.82) is 0 Å². The minimum Gasteiger partial charge on any atom is -0.481 e. The van der Waals surface area contributed by atoms with E-state index in [1.54, 1.807) is 0 Å². The number of allylic oxidation sites excluding steroid dienone is 1. The summed E-state index contributed by atoms with van der Waals surface area (Å²) in [4.78, 5) is 10.5. The molecule has 0 rings (SSSR count). The smallest absolute Gasteiger partial charge is 0.304 e. The lowest BCUT2D eigenvalue weighted by Crippen LogP contribution is -2.03. The summed E-state index contributed by atoms with van der Waals surface area (Å²) in [6.45, 7) is 5.70.